The van der Waals surface area contributed by atoms with Crippen LogP contribution in [-0.2, 0) is 11.3 Å². The maximum atomic E-state index is 13.4. The summed E-state index contributed by atoms with van der Waals surface area (Å²) in [6.07, 6.45) is 5.09. The smallest absolute Gasteiger partial charge is 0.237 e. The van der Waals surface area contributed by atoms with Gasteiger partial charge in [-0.25, -0.2) is 4.39 Å². The fourth-order valence-electron chi connectivity index (χ4n) is 3.42. The molecule has 1 saturated heterocycles. The van der Waals surface area contributed by atoms with E-state index in [1.54, 1.807) is 13.2 Å². The Morgan fingerprint density at radius 1 is 1.29 bits per heavy atom. The molecule has 4 rings (SSSR count). The van der Waals surface area contributed by atoms with E-state index in [0.29, 0.717) is 17.4 Å². The highest BCUT2D eigenvalue weighted by atomic mass is 35.5. The molecule has 31 heavy (non-hydrogen) atoms. The lowest BCUT2D eigenvalue weighted by molar-refractivity contribution is -0.115. The number of furan rings is 1. The van der Waals surface area contributed by atoms with Gasteiger partial charge in [-0.1, -0.05) is 23.4 Å². The first-order valence-electron chi connectivity index (χ1n) is 10.1. The number of carbonyl (C=O) groups excluding carboxylic acids is 1. The number of aromatic nitrogens is 3. The van der Waals surface area contributed by atoms with Gasteiger partial charge in [0.2, 0.25) is 11.9 Å². The normalized spacial score (nSPS) is 15.1. The molecular weight excluding hydrogens is 441 g/mol. The monoisotopic (exact) mass is 463 g/mol. The van der Waals surface area contributed by atoms with Crippen molar-refractivity contribution in [2.24, 2.45) is 0 Å². The topological polar surface area (TPSA) is 76.2 Å². The Kier molecular flexibility index (Phi) is 6.82. The first kappa shape index (κ1) is 21.7. The molecule has 1 aliphatic rings. The van der Waals surface area contributed by atoms with Gasteiger partial charge in [0.05, 0.1) is 23.1 Å². The van der Waals surface area contributed by atoms with Gasteiger partial charge in [0.25, 0.3) is 0 Å². The molecule has 1 atom stereocenters. The Labute approximate surface area is 189 Å². The minimum absolute atomic E-state index is 0.0394. The standard InChI is InChI=1S/C21H23ClFN5O2S/c1-14(19(29)24-15-7-8-18(23)17(22)12-15)31-21-26-25-20(27-9-3-2-4-10-27)28(21)13-16-6-5-11-30-16/h5-8,11-12,14H,2-4,9-10,13H2,1H3,(H,24,29). The molecule has 3 heterocycles. The Balaban J connectivity index is 1.51. The second-order valence-corrected chi connectivity index (χ2v) is 9.09. The van der Waals surface area contributed by atoms with Crippen LogP contribution >= 0.6 is 23.4 Å². The zero-order chi connectivity index (χ0) is 21.8. The van der Waals surface area contributed by atoms with Crippen LogP contribution in [0, 0.1) is 5.82 Å². The molecule has 0 saturated carbocycles. The molecular formula is C21H23ClFN5O2S. The van der Waals surface area contributed by atoms with Crippen molar-refractivity contribution >= 4 is 40.9 Å². The number of nitrogens with one attached hydrogen (secondary N) is 1. The summed E-state index contributed by atoms with van der Waals surface area (Å²) in [4.78, 5) is 14.9. The number of hydrogen-bond donors (Lipinski definition) is 1. The highest BCUT2D eigenvalue weighted by Gasteiger charge is 2.24. The van der Waals surface area contributed by atoms with Crippen LogP contribution in [0.1, 0.15) is 31.9 Å². The maximum Gasteiger partial charge on any atom is 0.237 e. The van der Waals surface area contributed by atoms with Crippen molar-refractivity contribution in [2.45, 2.75) is 43.1 Å². The van der Waals surface area contributed by atoms with Crippen molar-refractivity contribution in [2.75, 3.05) is 23.3 Å². The minimum atomic E-state index is -0.529. The van der Waals surface area contributed by atoms with E-state index in [0.717, 1.165) is 37.6 Å². The van der Waals surface area contributed by atoms with Crippen LogP contribution in [0.3, 0.4) is 0 Å². The Hall–Kier alpha value is -2.52. The molecule has 10 heteroatoms. The summed E-state index contributed by atoms with van der Waals surface area (Å²) >= 11 is 7.12. The van der Waals surface area contributed by atoms with E-state index in [1.807, 2.05) is 16.7 Å². The van der Waals surface area contributed by atoms with E-state index in [1.165, 1.54) is 36.4 Å². The third kappa shape index (κ3) is 5.22. The number of nitrogens with zero attached hydrogens (tertiary/aromatic N) is 4. The van der Waals surface area contributed by atoms with Gasteiger partial charge in [-0.05, 0) is 56.5 Å². The third-order valence-corrected chi connectivity index (χ3v) is 6.44. The second kappa shape index (κ2) is 9.74. The fraction of sp³-hybridized carbons (Fsp3) is 0.381. The highest BCUT2D eigenvalue weighted by molar-refractivity contribution is 8.00. The number of piperidine rings is 1. The van der Waals surface area contributed by atoms with E-state index >= 15 is 0 Å². The van der Waals surface area contributed by atoms with Crippen molar-refractivity contribution in [3.05, 3.63) is 53.2 Å². The largest absolute Gasteiger partial charge is 0.467 e. The van der Waals surface area contributed by atoms with E-state index in [4.69, 9.17) is 16.0 Å². The predicted octanol–water partition coefficient (Wildman–Crippen LogP) is 4.82. The van der Waals surface area contributed by atoms with Gasteiger partial charge in [0.1, 0.15) is 11.6 Å². The Morgan fingerprint density at radius 3 is 2.81 bits per heavy atom. The number of halogens is 2. The van der Waals surface area contributed by atoms with Crippen LogP contribution < -0.4 is 10.2 Å². The Bertz CT molecular complexity index is 1040. The van der Waals surface area contributed by atoms with Crippen LogP contribution in [0.15, 0.2) is 46.2 Å². The molecule has 3 aromatic rings. The zero-order valence-electron chi connectivity index (χ0n) is 17.1. The third-order valence-electron chi connectivity index (χ3n) is 5.07. The Morgan fingerprint density at radius 2 is 2.10 bits per heavy atom. The van der Waals surface area contributed by atoms with Gasteiger partial charge in [-0.15, -0.1) is 10.2 Å². The molecule has 0 spiro atoms. The predicted molar refractivity (Wildman–Crippen MR) is 119 cm³/mol. The van der Waals surface area contributed by atoms with Crippen molar-refractivity contribution in [1.82, 2.24) is 14.8 Å². The molecule has 1 unspecified atom stereocenters. The molecule has 1 N–H and O–H groups in total. The second-order valence-electron chi connectivity index (χ2n) is 7.37. The van der Waals surface area contributed by atoms with Gasteiger partial charge >= 0.3 is 0 Å². The average molecular weight is 464 g/mol. The molecule has 1 aromatic carbocycles. The molecule has 1 fully saturated rings. The molecule has 164 valence electrons. The van der Waals surface area contributed by atoms with Crippen molar-refractivity contribution < 1.29 is 13.6 Å². The molecule has 1 aliphatic heterocycles. The molecule has 7 nitrogen and oxygen atoms in total. The van der Waals surface area contributed by atoms with Gasteiger partial charge in [-0.2, -0.15) is 0 Å². The van der Waals surface area contributed by atoms with Crippen molar-refractivity contribution in [1.29, 1.82) is 0 Å². The first-order chi connectivity index (χ1) is 15.0. The van der Waals surface area contributed by atoms with E-state index in [-0.39, 0.29) is 10.9 Å². The SMILES string of the molecule is CC(Sc1nnc(N2CCCCC2)n1Cc1ccco1)C(=O)Nc1ccc(F)c(Cl)c1. The van der Waals surface area contributed by atoms with E-state index in [9.17, 15) is 9.18 Å². The lowest BCUT2D eigenvalue weighted by atomic mass is 10.1. The zero-order valence-corrected chi connectivity index (χ0v) is 18.6. The summed E-state index contributed by atoms with van der Waals surface area (Å²) in [5.41, 5.74) is 0.440. The summed E-state index contributed by atoms with van der Waals surface area (Å²) in [6, 6.07) is 7.84. The molecule has 0 radical (unpaired) electrons. The van der Waals surface area contributed by atoms with Gasteiger partial charge in [0, 0.05) is 18.8 Å². The summed E-state index contributed by atoms with van der Waals surface area (Å²) in [7, 11) is 0. The minimum Gasteiger partial charge on any atom is -0.467 e. The van der Waals surface area contributed by atoms with Crippen LogP contribution in [0.25, 0.3) is 0 Å². The molecule has 2 aromatic heterocycles. The highest BCUT2D eigenvalue weighted by Crippen LogP contribution is 2.29. The number of thioether (sulfide) groups is 1. The number of rotatable bonds is 7. The molecule has 0 bridgehead atoms. The maximum absolute atomic E-state index is 13.4. The van der Waals surface area contributed by atoms with Crippen LogP contribution in [0.2, 0.25) is 5.02 Å². The quantitative estimate of drug-likeness (QED) is 0.506. The van der Waals surface area contributed by atoms with Gasteiger partial charge < -0.3 is 14.6 Å². The summed E-state index contributed by atoms with van der Waals surface area (Å²) < 4.78 is 20.9. The van der Waals surface area contributed by atoms with Gasteiger partial charge in [-0.3, -0.25) is 9.36 Å². The summed E-state index contributed by atoms with van der Waals surface area (Å²) in [5.74, 6) is 0.813. The fourth-order valence-corrected chi connectivity index (χ4v) is 4.45. The first-order valence-corrected chi connectivity index (χ1v) is 11.4. The number of anilines is 2. The lowest BCUT2D eigenvalue weighted by Crippen LogP contribution is -2.32. The average Bonchev–Trinajstić information content (AvgIpc) is 3.42. The number of hydrogen-bond acceptors (Lipinski definition) is 6. The number of amides is 1. The van der Waals surface area contributed by atoms with Crippen molar-refractivity contribution in [3.63, 3.8) is 0 Å². The number of benzene rings is 1. The lowest BCUT2D eigenvalue weighted by Gasteiger charge is -2.27. The van der Waals surface area contributed by atoms with E-state index in [2.05, 4.69) is 20.4 Å². The number of carbonyl (C=O) groups is 1. The van der Waals surface area contributed by atoms with Gasteiger partial charge in [0.15, 0.2) is 5.16 Å². The van der Waals surface area contributed by atoms with Crippen LogP contribution in [0.4, 0.5) is 16.0 Å². The van der Waals surface area contributed by atoms with Crippen molar-refractivity contribution in [3.8, 4) is 0 Å². The van der Waals surface area contributed by atoms with Crippen LogP contribution in [0.5, 0.6) is 0 Å². The molecule has 1 amide bonds. The van der Waals surface area contributed by atoms with E-state index < -0.39 is 11.1 Å². The molecule has 0 aliphatic carbocycles. The van der Waals surface area contributed by atoms with Crippen LogP contribution in [-0.4, -0.2) is 39.0 Å². The summed E-state index contributed by atoms with van der Waals surface area (Å²) in [6.45, 7) is 4.14. The summed E-state index contributed by atoms with van der Waals surface area (Å²) in [5, 5.41) is 11.7.